The predicted molar refractivity (Wildman–Crippen MR) is 299 cm³/mol. The summed E-state index contributed by atoms with van der Waals surface area (Å²) in [5, 5.41) is 29.2. The first-order valence-corrected chi connectivity index (χ1v) is 30.7. The number of aromatic nitrogens is 2. The zero-order valence-corrected chi connectivity index (χ0v) is 47.1. The van der Waals surface area contributed by atoms with Crippen LogP contribution in [0.4, 0.5) is 0 Å². The summed E-state index contributed by atoms with van der Waals surface area (Å²) in [4.78, 5) is 155. The highest BCUT2D eigenvalue weighted by Crippen LogP contribution is 2.30. The Kier molecular flexibility index (Phi) is 21.6. The topological polar surface area (TPSA) is 286 Å². The molecule has 4 aromatic rings. The highest BCUT2D eigenvalue weighted by atomic mass is 33.1. The zero-order chi connectivity index (χ0) is 55.4. The molecule has 6 rings (SSSR count). The lowest BCUT2D eigenvalue weighted by atomic mass is 10.0. The summed E-state index contributed by atoms with van der Waals surface area (Å²) in [6.45, 7) is -1.35. The van der Waals surface area contributed by atoms with Crippen molar-refractivity contribution in [2.45, 2.75) is 36.6 Å². The summed E-state index contributed by atoms with van der Waals surface area (Å²) in [5.41, 5.74) is 0.0542. The van der Waals surface area contributed by atoms with Gasteiger partial charge in [0.2, 0.25) is 45.7 Å². The molecule has 406 valence electrons. The number of nitrogens with one attached hydrogen (secondary N) is 3. The van der Waals surface area contributed by atoms with Gasteiger partial charge in [-0.05, 0) is 36.8 Å². The molecule has 0 saturated carbocycles. The van der Waals surface area contributed by atoms with Crippen LogP contribution in [-0.2, 0) is 38.4 Å². The second-order valence-electron chi connectivity index (χ2n) is 17.6. The number of ketones is 1. The standard InChI is InChI=1S/C49H57N9O12S6/c1-55-32-24-75-76-25-33(46(67)57(3)34(22-71-5)48(69)73-20-28(43(64)50-18-39(55)62)17-37(60)41-36(59)15-26-11-7-9-13-29(26)52-41)56(2)40(63)19-51-44(65)31(21-74-49(70)35(23-72-6)58(4)47(32)68)54-45(66)42-38(61)16-27-12-8-10-14-30(27)53-42/h7-16,28,31-35,59,61H,17-25H2,1-6H3,(H,50,64)(H,51,65)(H,54,66)/t28-,31-,32+,33?,34+,35+/m1/s1. The van der Waals surface area contributed by atoms with Crippen LogP contribution >= 0.6 is 68.6 Å². The molecule has 1 unspecified atom stereocenters. The normalized spacial score (nSPS) is 22.9. The Morgan fingerprint density at radius 3 is 1.58 bits per heavy atom. The maximum Gasteiger partial charge on any atom is 0.274 e. The molecular weight excluding hydrogens is 1100 g/mol. The Morgan fingerprint density at radius 1 is 0.632 bits per heavy atom. The van der Waals surface area contributed by atoms with Crippen LogP contribution in [0.1, 0.15) is 27.4 Å². The second-order valence-corrected chi connectivity index (χ2v) is 24.0. The fourth-order valence-electron chi connectivity index (χ4n) is 7.96. The third-order valence-electron chi connectivity index (χ3n) is 12.6. The highest BCUT2D eigenvalue weighted by Gasteiger charge is 2.39. The van der Waals surface area contributed by atoms with E-state index in [0.717, 1.165) is 31.4 Å². The summed E-state index contributed by atoms with van der Waals surface area (Å²) in [6, 6.07) is 9.80. The molecule has 5 N–H and O–H groups in total. The number of carbonyl (C=O) groups excluding carboxylic acids is 10. The Balaban J connectivity index is 1.36. The molecule has 2 aromatic heterocycles. The van der Waals surface area contributed by atoms with Gasteiger partial charge in [0.25, 0.3) is 5.91 Å². The van der Waals surface area contributed by atoms with Crippen molar-refractivity contribution in [2.75, 3.05) is 88.3 Å². The van der Waals surface area contributed by atoms with Gasteiger partial charge in [0.1, 0.15) is 47.4 Å². The monoisotopic (exact) mass is 1160 g/mol. The molecule has 2 aliphatic heterocycles. The van der Waals surface area contributed by atoms with Crippen LogP contribution in [0.3, 0.4) is 0 Å². The number of amides is 7. The molecule has 0 aliphatic carbocycles. The van der Waals surface area contributed by atoms with Gasteiger partial charge in [0, 0.05) is 79.9 Å². The first-order chi connectivity index (χ1) is 36.2. The molecule has 4 heterocycles. The smallest absolute Gasteiger partial charge is 0.274 e. The molecule has 2 fully saturated rings. The summed E-state index contributed by atoms with van der Waals surface area (Å²) in [5.74, 6) is -9.28. The number of carbonyl (C=O) groups is 10. The van der Waals surface area contributed by atoms with E-state index in [2.05, 4.69) is 25.9 Å². The lowest BCUT2D eigenvalue weighted by Crippen LogP contribution is -2.57. The van der Waals surface area contributed by atoms with Gasteiger partial charge in [-0.3, -0.25) is 47.9 Å². The fraction of sp³-hybridized carbons (Fsp3) is 0.429. The van der Waals surface area contributed by atoms with Gasteiger partial charge in [0.05, 0.1) is 30.0 Å². The van der Waals surface area contributed by atoms with E-state index in [-0.39, 0.29) is 34.5 Å². The third kappa shape index (κ3) is 14.6. The minimum atomic E-state index is -1.53. The average molecular weight is 1160 g/mol. The van der Waals surface area contributed by atoms with E-state index in [9.17, 15) is 58.2 Å². The Labute approximate surface area is 463 Å². The summed E-state index contributed by atoms with van der Waals surface area (Å²) < 4.78 is 0. The van der Waals surface area contributed by atoms with Crippen molar-refractivity contribution in [1.82, 2.24) is 45.5 Å². The number of para-hydroxylation sites is 2. The number of nitrogens with zero attached hydrogens (tertiary/aromatic N) is 6. The fourth-order valence-corrected chi connectivity index (χ4v) is 14.2. The number of aromatic hydroxyl groups is 2. The van der Waals surface area contributed by atoms with Gasteiger partial charge < -0.3 is 45.8 Å². The minimum Gasteiger partial charge on any atom is -0.506 e. The van der Waals surface area contributed by atoms with Crippen LogP contribution in [-0.4, -0.2) is 216 Å². The van der Waals surface area contributed by atoms with E-state index in [0.29, 0.717) is 45.3 Å². The lowest BCUT2D eigenvalue weighted by molar-refractivity contribution is -0.145. The van der Waals surface area contributed by atoms with E-state index >= 15 is 0 Å². The maximum atomic E-state index is 14.7. The first kappa shape index (κ1) is 59.5. The van der Waals surface area contributed by atoms with Crippen molar-refractivity contribution >= 4 is 148 Å². The first-order valence-electron chi connectivity index (χ1n) is 23.4. The van der Waals surface area contributed by atoms with Crippen LogP contribution in [0.25, 0.3) is 21.8 Å². The number of rotatable bonds is 9. The molecular formula is C49H57N9O12S6. The van der Waals surface area contributed by atoms with Crippen LogP contribution < -0.4 is 16.0 Å². The second kappa shape index (κ2) is 27.5. The SMILES string of the molecule is CSC[C@H]1C(=O)SC[C@@H](CC(=O)c2nc3ccccc3cc2O)C(=O)NCC(=O)N(C)[C@H]2CSSCC(C(=O)N1C)N(C)C(=O)CNC(=O)[C@H](NC(=O)c1nc3ccccc3cc1O)CSC(=O)[C@H](CSC)N(C)C2=O. The zero-order valence-electron chi connectivity index (χ0n) is 42.2. The molecule has 76 heavy (non-hydrogen) atoms. The van der Waals surface area contributed by atoms with Gasteiger partial charge in [-0.1, -0.05) is 81.5 Å². The molecule has 7 amide bonds. The van der Waals surface area contributed by atoms with E-state index in [4.69, 9.17) is 0 Å². The number of pyridine rings is 2. The van der Waals surface area contributed by atoms with Gasteiger partial charge in [-0.25, -0.2) is 9.97 Å². The molecule has 2 saturated heterocycles. The third-order valence-corrected chi connectivity index (χ3v) is 18.5. The summed E-state index contributed by atoms with van der Waals surface area (Å²) in [6.07, 6.45) is 2.88. The van der Waals surface area contributed by atoms with Gasteiger partial charge in [-0.2, -0.15) is 23.5 Å². The van der Waals surface area contributed by atoms with E-state index in [1.165, 1.54) is 73.6 Å². The number of hydrogen-bond donors (Lipinski definition) is 5. The van der Waals surface area contributed by atoms with Crippen LogP contribution in [0.2, 0.25) is 0 Å². The van der Waals surface area contributed by atoms with Crippen molar-refractivity contribution in [3.8, 4) is 11.5 Å². The van der Waals surface area contributed by atoms with Gasteiger partial charge in [-0.15, -0.1) is 0 Å². The van der Waals surface area contributed by atoms with Gasteiger partial charge >= 0.3 is 0 Å². The van der Waals surface area contributed by atoms with Crippen molar-refractivity contribution in [1.29, 1.82) is 0 Å². The number of benzene rings is 2. The largest absolute Gasteiger partial charge is 0.506 e. The number of hydrogen-bond acceptors (Lipinski definition) is 20. The van der Waals surface area contributed by atoms with E-state index in [1.54, 1.807) is 61.0 Å². The quantitative estimate of drug-likeness (QED) is 0.119. The Hall–Kier alpha value is -5.74. The Morgan fingerprint density at radius 2 is 1.08 bits per heavy atom. The number of thioether (sulfide) groups is 4. The predicted octanol–water partition coefficient (Wildman–Crippen LogP) is 2.38. The molecule has 0 spiro atoms. The molecule has 2 bridgehead atoms. The van der Waals surface area contributed by atoms with Gasteiger partial charge in [0.15, 0.2) is 11.5 Å². The molecule has 6 atom stereocenters. The van der Waals surface area contributed by atoms with Crippen LogP contribution in [0, 0.1) is 5.92 Å². The van der Waals surface area contributed by atoms with Crippen molar-refractivity contribution in [3.05, 3.63) is 72.1 Å². The number of Topliss-reactive ketones (excluding diaryl/α,β-unsaturated/α-hetero) is 1. The molecule has 21 nitrogen and oxygen atoms in total. The summed E-state index contributed by atoms with van der Waals surface area (Å²) in [7, 11) is 7.67. The molecule has 27 heteroatoms. The highest BCUT2D eigenvalue weighted by molar-refractivity contribution is 8.76. The van der Waals surface area contributed by atoms with E-state index in [1.807, 2.05) is 0 Å². The van der Waals surface area contributed by atoms with Crippen LogP contribution in [0.5, 0.6) is 11.5 Å². The van der Waals surface area contributed by atoms with Crippen LogP contribution in [0.15, 0.2) is 60.7 Å². The summed E-state index contributed by atoms with van der Waals surface area (Å²) >= 11 is 3.80. The minimum absolute atomic E-state index is 0.0668. The maximum absolute atomic E-state index is 14.7. The van der Waals surface area contributed by atoms with E-state index < -0.39 is 136 Å². The lowest BCUT2D eigenvalue weighted by Gasteiger charge is -2.35. The average Bonchev–Trinajstić information content (AvgIpc) is 3.41. The van der Waals surface area contributed by atoms with Crippen molar-refractivity contribution in [2.24, 2.45) is 5.92 Å². The molecule has 2 aromatic carbocycles. The Bertz CT molecular complexity index is 2710. The number of likely N-dealkylation sites (N-methyl/N-ethyl adjacent to an activating group) is 4. The molecule has 0 radical (unpaired) electrons. The van der Waals surface area contributed by atoms with Crippen molar-refractivity contribution < 1.29 is 58.2 Å². The number of fused-ring (bicyclic) bond motifs is 7. The molecule has 2 aliphatic rings. The van der Waals surface area contributed by atoms with Crippen molar-refractivity contribution in [3.63, 3.8) is 0 Å².